The SMILES string of the molecule is CCCCN1C(=O)[C@H](CC2CCCCC2)NC(=O)C12CCN(Cc1c(C)nn(-c3ccc(O)cc3)c1C)CC2. The van der Waals surface area contributed by atoms with Gasteiger partial charge in [-0.2, -0.15) is 5.10 Å². The lowest BCUT2D eigenvalue weighted by Crippen LogP contribution is -2.73. The van der Waals surface area contributed by atoms with Gasteiger partial charge in [0.05, 0.1) is 11.4 Å². The maximum Gasteiger partial charge on any atom is 0.246 e. The molecule has 8 heteroatoms. The van der Waals surface area contributed by atoms with Crippen LogP contribution >= 0.6 is 0 Å². The normalized spacial score (nSPS) is 22.4. The minimum atomic E-state index is -0.730. The van der Waals surface area contributed by atoms with Gasteiger partial charge in [-0.3, -0.25) is 14.5 Å². The first-order chi connectivity index (χ1) is 18.8. The first-order valence-corrected chi connectivity index (χ1v) is 15.0. The number of nitrogens with zero attached hydrogens (tertiary/aromatic N) is 4. The lowest BCUT2D eigenvalue weighted by atomic mass is 9.79. The van der Waals surface area contributed by atoms with E-state index in [-0.39, 0.29) is 23.6 Å². The van der Waals surface area contributed by atoms with Gasteiger partial charge in [0, 0.05) is 37.4 Å². The number of carbonyl (C=O) groups is 2. The highest BCUT2D eigenvalue weighted by molar-refractivity contribution is 6.00. The maximum atomic E-state index is 13.8. The fraction of sp³-hybridized carbons (Fsp3) is 0.645. The van der Waals surface area contributed by atoms with E-state index in [2.05, 4.69) is 24.1 Å². The zero-order valence-electron chi connectivity index (χ0n) is 23.9. The number of hydrogen-bond acceptors (Lipinski definition) is 5. The summed E-state index contributed by atoms with van der Waals surface area (Å²) in [6.45, 7) is 9.23. The molecule has 2 saturated heterocycles. The Labute approximate surface area is 232 Å². The Morgan fingerprint density at radius 3 is 2.41 bits per heavy atom. The van der Waals surface area contributed by atoms with E-state index in [4.69, 9.17) is 5.10 Å². The third-order valence-electron chi connectivity index (χ3n) is 9.44. The number of aromatic nitrogens is 2. The van der Waals surface area contributed by atoms with E-state index < -0.39 is 5.54 Å². The van der Waals surface area contributed by atoms with Crippen molar-refractivity contribution in [2.75, 3.05) is 19.6 Å². The molecule has 1 aliphatic carbocycles. The number of piperazine rings is 1. The van der Waals surface area contributed by atoms with E-state index in [0.29, 0.717) is 25.3 Å². The Hall–Kier alpha value is -2.87. The average molecular weight is 536 g/mol. The third kappa shape index (κ3) is 5.58. The van der Waals surface area contributed by atoms with E-state index in [0.717, 1.165) is 56.0 Å². The average Bonchev–Trinajstić information content (AvgIpc) is 3.22. The summed E-state index contributed by atoms with van der Waals surface area (Å²) in [5.41, 5.74) is 3.45. The van der Waals surface area contributed by atoms with Gasteiger partial charge in [0.25, 0.3) is 0 Å². The first kappa shape index (κ1) is 27.7. The smallest absolute Gasteiger partial charge is 0.246 e. The van der Waals surface area contributed by atoms with Crippen molar-refractivity contribution in [2.45, 2.75) is 103 Å². The lowest BCUT2D eigenvalue weighted by molar-refractivity contribution is -0.162. The second-order valence-electron chi connectivity index (χ2n) is 12.0. The molecule has 3 aliphatic rings. The highest BCUT2D eigenvalue weighted by Crippen LogP contribution is 2.36. The molecule has 1 aromatic carbocycles. The molecule has 2 N–H and O–H groups in total. The second-order valence-corrected chi connectivity index (χ2v) is 12.0. The van der Waals surface area contributed by atoms with Gasteiger partial charge < -0.3 is 15.3 Å². The summed E-state index contributed by atoms with van der Waals surface area (Å²) in [4.78, 5) is 31.9. The van der Waals surface area contributed by atoms with Gasteiger partial charge >= 0.3 is 0 Å². The molecule has 1 atom stereocenters. The van der Waals surface area contributed by atoms with Gasteiger partial charge in [0.15, 0.2) is 0 Å². The van der Waals surface area contributed by atoms with Crippen molar-refractivity contribution in [3.63, 3.8) is 0 Å². The Balaban J connectivity index is 1.28. The molecule has 0 radical (unpaired) electrons. The lowest BCUT2D eigenvalue weighted by Gasteiger charge is -2.52. The number of amides is 2. The number of aromatic hydroxyl groups is 1. The van der Waals surface area contributed by atoms with Gasteiger partial charge in [-0.1, -0.05) is 45.4 Å². The maximum absolute atomic E-state index is 13.8. The molecular weight excluding hydrogens is 490 g/mol. The predicted molar refractivity (Wildman–Crippen MR) is 152 cm³/mol. The van der Waals surface area contributed by atoms with Gasteiger partial charge in [0.1, 0.15) is 17.3 Å². The van der Waals surface area contributed by atoms with Crippen LogP contribution in [0.3, 0.4) is 0 Å². The number of carbonyl (C=O) groups excluding carboxylic acids is 2. The monoisotopic (exact) mass is 535 g/mol. The minimum absolute atomic E-state index is 0.0613. The summed E-state index contributed by atoms with van der Waals surface area (Å²) in [5, 5.41) is 17.6. The van der Waals surface area contributed by atoms with Crippen LogP contribution in [0.1, 0.15) is 88.1 Å². The Bertz CT molecular complexity index is 1160. The van der Waals surface area contributed by atoms with Crippen LogP contribution in [0.5, 0.6) is 5.75 Å². The number of unbranched alkanes of at least 4 members (excludes halogenated alkanes) is 1. The molecule has 1 saturated carbocycles. The van der Waals surface area contributed by atoms with Crippen LogP contribution in [0.2, 0.25) is 0 Å². The molecule has 39 heavy (non-hydrogen) atoms. The van der Waals surface area contributed by atoms with Crippen LogP contribution in [0.15, 0.2) is 24.3 Å². The third-order valence-corrected chi connectivity index (χ3v) is 9.44. The highest BCUT2D eigenvalue weighted by Gasteiger charge is 2.53. The topological polar surface area (TPSA) is 90.7 Å². The summed E-state index contributed by atoms with van der Waals surface area (Å²) < 4.78 is 1.93. The van der Waals surface area contributed by atoms with Crippen molar-refractivity contribution in [3.05, 3.63) is 41.2 Å². The fourth-order valence-electron chi connectivity index (χ4n) is 6.98. The van der Waals surface area contributed by atoms with Crippen molar-refractivity contribution in [1.29, 1.82) is 0 Å². The van der Waals surface area contributed by atoms with Crippen molar-refractivity contribution in [1.82, 2.24) is 24.9 Å². The largest absolute Gasteiger partial charge is 0.508 e. The zero-order chi connectivity index (χ0) is 27.6. The number of hydrogen-bond donors (Lipinski definition) is 2. The molecule has 2 aliphatic heterocycles. The number of aryl methyl sites for hydroxylation is 1. The Morgan fingerprint density at radius 1 is 1.05 bits per heavy atom. The van der Waals surface area contributed by atoms with E-state index in [9.17, 15) is 14.7 Å². The standard InChI is InChI=1S/C31H45N5O3/c1-4-5-17-35-29(38)28(20-24-9-7-6-8-10-24)32-30(39)31(35)15-18-34(19-16-31)21-27-22(2)33-36(23(27)3)25-11-13-26(37)14-12-25/h11-14,24,28,37H,4-10,15-21H2,1-3H3,(H,32,39)/t28-/m0/s1. The number of phenols is 1. The number of nitrogens with one attached hydrogen (secondary N) is 1. The summed E-state index contributed by atoms with van der Waals surface area (Å²) in [6, 6.07) is 6.73. The summed E-state index contributed by atoms with van der Waals surface area (Å²) in [7, 11) is 0. The molecule has 8 nitrogen and oxygen atoms in total. The van der Waals surface area contributed by atoms with Crippen LogP contribution in [-0.4, -0.2) is 67.7 Å². The van der Waals surface area contributed by atoms with Gasteiger partial charge in [-0.15, -0.1) is 0 Å². The zero-order valence-corrected chi connectivity index (χ0v) is 23.9. The number of rotatable bonds is 8. The van der Waals surface area contributed by atoms with Gasteiger partial charge in [0.2, 0.25) is 11.8 Å². The van der Waals surface area contributed by atoms with E-state index in [1.165, 1.54) is 37.7 Å². The quantitative estimate of drug-likeness (QED) is 0.515. The predicted octanol–water partition coefficient (Wildman–Crippen LogP) is 4.63. The van der Waals surface area contributed by atoms with Gasteiger partial charge in [-0.25, -0.2) is 4.68 Å². The molecule has 1 aromatic heterocycles. The second kappa shape index (κ2) is 11.7. The summed E-state index contributed by atoms with van der Waals surface area (Å²) in [5.74, 6) is 0.988. The fourth-order valence-corrected chi connectivity index (χ4v) is 6.98. The number of phenolic OH excluding ortho intramolecular Hbond substituents is 1. The van der Waals surface area contributed by atoms with Crippen LogP contribution in [0.4, 0.5) is 0 Å². The molecule has 2 aromatic rings. The highest BCUT2D eigenvalue weighted by atomic mass is 16.3. The van der Waals surface area contributed by atoms with Crippen molar-refractivity contribution in [2.24, 2.45) is 5.92 Å². The summed E-state index contributed by atoms with van der Waals surface area (Å²) in [6.07, 6.45) is 10.2. The Kier molecular flexibility index (Phi) is 8.31. The van der Waals surface area contributed by atoms with E-state index in [1.807, 2.05) is 28.6 Å². The van der Waals surface area contributed by atoms with E-state index >= 15 is 0 Å². The molecule has 0 bridgehead atoms. The van der Waals surface area contributed by atoms with Crippen LogP contribution < -0.4 is 5.32 Å². The van der Waals surface area contributed by atoms with Crippen LogP contribution in [0, 0.1) is 19.8 Å². The van der Waals surface area contributed by atoms with Gasteiger partial charge in [-0.05, 0) is 69.7 Å². The number of benzene rings is 1. The molecule has 5 rings (SSSR count). The number of piperidine rings is 1. The van der Waals surface area contributed by atoms with Crippen molar-refractivity contribution in [3.8, 4) is 11.4 Å². The molecule has 212 valence electrons. The van der Waals surface area contributed by atoms with E-state index in [1.54, 1.807) is 12.1 Å². The molecule has 2 amide bonds. The minimum Gasteiger partial charge on any atom is -0.508 e. The first-order valence-electron chi connectivity index (χ1n) is 15.0. The molecule has 3 heterocycles. The summed E-state index contributed by atoms with van der Waals surface area (Å²) >= 11 is 0. The van der Waals surface area contributed by atoms with Crippen LogP contribution in [0.25, 0.3) is 5.69 Å². The number of likely N-dealkylation sites (tertiary alicyclic amines) is 1. The Morgan fingerprint density at radius 2 is 1.74 bits per heavy atom. The molecular formula is C31H45N5O3. The van der Waals surface area contributed by atoms with Crippen molar-refractivity contribution < 1.29 is 14.7 Å². The van der Waals surface area contributed by atoms with Crippen molar-refractivity contribution >= 4 is 11.8 Å². The molecule has 3 fully saturated rings. The van der Waals surface area contributed by atoms with Crippen LogP contribution in [-0.2, 0) is 16.1 Å². The molecule has 0 unspecified atom stereocenters. The molecule has 1 spiro atoms.